The average Bonchev–Trinajstić information content (AvgIpc) is 2.76. The van der Waals surface area contributed by atoms with Crippen LogP contribution in [0.3, 0.4) is 0 Å². The molecule has 1 aromatic rings. The number of hydrogen-bond acceptors (Lipinski definition) is 5. The lowest BCUT2D eigenvalue weighted by atomic mass is 10.0. The topological polar surface area (TPSA) is 100 Å². The van der Waals surface area contributed by atoms with E-state index >= 15 is 0 Å². The minimum Gasteiger partial charge on any atom is -0.476 e. The summed E-state index contributed by atoms with van der Waals surface area (Å²) in [6.45, 7) is 3.63. The molecule has 0 bridgehead atoms. The molecule has 1 aliphatic heterocycles. The number of amides is 1. The quantitative estimate of drug-likeness (QED) is 0.725. The summed E-state index contributed by atoms with van der Waals surface area (Å²) in [6.07, 6.45) is 1.39. The van der Waals surface area contributed by atoms with Gasteiger partial charge in [0, 0.05) is 25.6 Å². The van der Waals surface area contributed by atoms with Crippen molar-refractivity contribution in [3.8, 4) is 0 Å². The molecule has 0 spiro atoms. The van der Waals surface area contributed by atoms with Gasteiger partial charge in [0.05, 0.1) is 12.2 Å². The highest BCUT2D eigenvalue weighted by molar-refractivity contribution is 5.84. The summed E-state index contributed by atoms with van der Waals surface area (Å²) in [4.78, 5) is 24.4. The number of likely N-dealkylation sites (tertiary alicyclic amines) is 1. The highest BCUT2D eigenvalue weighted by atomic mass is 16.4. The maximum Gasteiger partial charge on any atom is 0.358 e. The van der Waals surface area contributed by atoms with E-state index in [1.165, 1.54) is 10.9 Å². The number of aromatic carboxylic acids is 1. The van der Waals surface area contributed by atoms with Crippen LogP contribution in [0.4, 0.5) is 0 Å². The van der Waals surface area contributed by atoms with Gasteiger partial charge >= 0.3 is 5.97 Å². The fraction of sp³-hybridized carbons (Fsp3) is 0.636. The van der Waals surface area contributed by atoms with Gasteiger partial charge in [0.2, 0.25) is 5.91 Å². The van der Waals surface area contributed by atoms with Crippen molar-refractivity contribution in [1.29, 1.82) is 0 Å². The molecule has 19 heavy (non-hydrogen) atoms. The standard InChI is InChI=1S/C11H17N5O3/c1-7(3-12-2)10(17)15-4-8(5-15)16-6-9(11(18)19)13-14-16/h6-8,12H,3-5H2,1-2H3,(H,18,19). The maximum atomic E-state index is 12.0. The van der Waals surface area contributed by atoms with Crippen LogP contribution in [0.2, 0.25) is 0 Å². The van der Waals surface area contributed by atoms with E-state index in [2.05, 4.69) is 15.6 Å². The van der Waals surface area contributed by atoms with Gasteiger partial charge in [-0.1, -0.05) is 12.1 Å². The van der Waals surface area contributed by atoms with E-state index in [9.17, 15) is 9.59 Å². The lowest BCUT2D eigenvalue weighted by Crippen LogP contribution is -2.53. The summed E-state index contributed by atoms with van der Waals surface area (Å²) >= 11 is 0. The van der Waals surface area contributed by atoms with E-state index in [1.54, 1.807) is 4.90 Å². The second-order valence-electron chi connectivity index (χ2n) is 4.74. The zero-order chi connectivity index (χ0) is 14.0. The molecular formula is C11H17N5O3. The minimum absolute atomic E-state index is 0.0198. The summed E-state index contributed by atoms with van der Waals surface area (Å²) in [5, 5.41) is 19.0. The normalized spacial score (nSPS) is 17.1. The van der Waals surface area contributed by atoms with Gasteiger partial charge in [-0.25, -0.2) is 9.48 Å². The molecule has 2 heterocycles. The summed E-state index contributed by atoms with van der Waals surface area (Å²) in [6, 6.07) is 0.0198. The van der Waals surface area contributed by atoms with Crippen molar-refractivity contribution in [2.45, 2.75) is 13.0 Å². The summed E-state index contributed by atoms with van der Waals surface area (Å²) in [5.74, 6) is -1.05. The van der Waals surface area contributed by atoms with Crippen molar-refractivity contribution in [1.82, 2.24) is 25.2 Å². The first-order valence-electron chi connectivity index (χ1n) is 6.11. The van der Waals surface area contributed by atoms with Gasteiger partial charge in [-0.15, -0.1) is 5.10 Å². The summed E-state index contributed by atoms with van der Waals surface area (Å²) in [7, 11) is 1.81. The Bertz CT molecular complexity index is 480. The molecule has 1 saturated heterocycles. The van der Waals surface area contributed by atoms with Crippen molar-refractivity contribution < 1.29 is 14.7 Å². The Morgan fingerprint density at radius 3 is 2.79 bits per heavy atom. The molecule has 1 fully saturated rings. The second-order valence-corrected chi connectivity index (χ2v) is 4.74. The number of carbonyl (C=O) groups excluding carboxylic acids is 1. The predicted octanol–water partition coefficient (Wildman–Crippen LogP) is -0.785. The number of rotatable bonds is 5. The predicted molar refractivity (Wildman–Crippen MR) is 65.7 cm³/mol. The molecule has 1 aromatic heterocycles. The van der Waals surface area contributed by atoms with Gasteiger partial charge in [0.1, 0.15) is 0 Å². The van der Waals surface area contributed by atoms with E-state index < -0.39 is 5.97 Å². The third kappa shape index (κ3) is 2.73. The second kappa shape index (κ2) is 5.35. The Morgan fingerprint density at radius 2 is 2.26 bits per heavy atom. The van der Waals surface area contributed by atoms with E-state index in [-0.39, 0.29) is 23.6 Å². The van der Waals surface area contributed by atoms with Crippen LogP contribution in [0.5, 0.6) is 0 Å². The largest absolute Gasteiger partial charge is 0.476 e. The van der Waals surface area contributed by atoms with Crippen LogP contribution in [0, 0.1) is 5.92 Å². The first-order chi connectivity index (χ1) is 9.02. The number of nitrogens with one attached hydrogen (secondary N) is 1. The van der Waals surface area contributed by atoms with Crippen LogP contribution >= 0.6 is 0 Å². The molecule has 1 unspecified atom stereocenters. The van der Waals surface area contributed by atoms with Crippen LogP contribution in [0.1, 0.15) is 23.5 Å². The molecule has 2 N–H and O–H groups in total. The smallest absolute Gasteiger partial charge is 0.358 e. The van der Waals surface area contributed by atoms with Gasteiger partial charge in [0.15, 0.2) is 5.69 Å². The third-order valence-corrected chi connectivity index (χ3v) is 3.21. The van der Waals surface area contributed by atoms with E-state index in [0.29, 0.717) is 19.6 Å². The fourth-order valence-electron chi connectivity index (χ4n) is 2.06. The summed E-state index contributed by atoms with van der Waals surface area (Å²) in [5.41, 5.74) is -0.0756. The zero-order valence-electron chi connectivity index (χ0n) is 10.9. The Labute approximate surface area is 110 Å². The van der Waals surface area contributed by atoms with Crippen molar-refractivity contribution >= 4 is 11.9 Å². The highest BCUT2D eigenvalue weighted by Gasteiger charge is 2.34. The fourth-order valence-corrected chi connectivity index (χ4v) is 2.06. The van der Waals surface area contributed by atoms with Gasteiger partial charge in [-0.05, 0) is 7.05 Å². The molecule has 0 saturated carbocycles. The van der Waals surface area contributed by atoms with E-state index in [4.69, 9.17) is 5.11 Å². The Kier molecular flexibility index (Phi) is 3.79. The molecular weight excluding hydrogens is 250 g/mol. The number of carboxylic acids is 1. The Hall–Kier alpha value is -1.96. The van der Waals surface area contributed by atoms with Crippen LogP contribution in [-0.4, -0.2) is 63.6 Å². The minimum atomic E-state index is -1.10. The molecule has 104 valence electrons. The van der Waals surface area contributed by atoms with Gasteiger partial charge in [-0.2, -0.15) is 0 Å². The van der Waals surface area contributed by atoms with Crippen LogP contribution in [-0.2, 0) is 4.79 Å². The molecule has 8 nitrogen and oxygen atoms in total. The van der Waals surface area contributed by atoms with Crippen molar-refractivity contribution in [2.75, 3.05) is 26.7 Å². The van der Waals surface area contributed by atoms with Gasteiger partial charge in [0.25, 0.3) is 0 Å². The first kappa shape index (κ1) is 13.5. The van der Waals surface area contributed by atoms with Gasteiger partial charge in [-0.3, -0.25) is 4.79 Å². The van der Waals surface area contributed by atoms with E-state index in [1.807, 2.05) is 14.0 Å². The lowest BCUT2D eigenvalue weighted by molar-refractivity contribution is -0.141. The molecule has 0 radical (unpaired) electrons. The Balaban J connectivity index is 1.88. The van der Waals surface area contributed by atoms with Crippen molar-refractivity contribution in [3.63, 3.8) is 0 Å². The number of aromatic nitrogens is 3. The number of nitrogens with zero attached hydrogens (tertiary/aromatic N) is 4. The van der Waals surface area contributed by atoms with Crippen LogP contribution < -0.4 is 5.32 Å². The molecule has 8 heteroatoms. The molecule has 2 rings (SSSR count). The monoisotopic (exact) mass is 267 g/mol. The molecule has 0 aromatic carbocycles. The zero-order valence-corrected chi connectivity index (χ0v) is 10.9. The molecule has 1 aliphatic rings. The van der Waals surface area contributed by atoms with E-state index in [0.717, 1.165) is 0 Å². The lowest BCUT2D eigenvalue weighted by Gasteiger charge is -2.40. The first-order valence-corrected chi connectivity index (χ1v) is 6.11. The SMILES string of the molecule is CNCC(C)C(=O)N1CC(n2cc(C(=O)O)nn2)C1. The Morgan fingerprint density at radius 1 is 1.58 bits per heavy atom. The van der Waals surface area contributed by atoms with Gasteiger partial charge < -0.3 is 15.3 Å². The molecule has 1 amide bonds. The number of carboxylic acid groups (broad SMARTS) is 1. The third-order valence-electron chi connectivity index (χ3n) is 3.21. The molecule has 0 aliphatic carbocycles. The van der Waals surface area contributed by atoms with Crippen LogP contribution in [0.25, 0.3) is 0 Å². The molecule has 1 atom stereocenters. The average molecular weight is 267 g/mol. The van der Waals surface area contributed by atoms with Crippen molar-refractivity contribution in [2.24, 2.45) is 5.92 Å². The number of hydrogen-bond donors (Lipinski definition) is 2. The van der Waals surface area contributed by atoms with Crippen molar-refractivity contribution in [3.05, 3.63) is 11.9 Å². The van der Waals surface area contributed by atoms with Crippen LogP contribution in [0.15, 0.2) is 6.20 Å². The summed E-state index contributed by atoms with van der Waals surface area (Å²) < 4.78 is 1.51. The highest BCUT2D eigenvalue weighted by Crippen LogP contribution is 2.22. The maximum absolute atomic E-state index is 12.0. The number of carbonyl (C=O) groups is 2.